The minimum Gasteiger partial charge on any atom is -0.297 e. The van der Waals surface area contributed by atoms with Crippen LogP contribution < -0.4 is 9.80 Å². The van der Waals surface area contributed by atoms with Crippen LogP contribution in [0.5, 0.6) is 0 Å². The molecule has 1 heterocycles. The van der Waals surface area contributed by atoms with Crippen LogP contribution in [0.1, 0.15) is 31.8 Å². The lowest BCUT2D eigenvalue weighted by Gasteiger charge is -2.46. The van der Waals surface area contributed by atoms with E-state index in [1.807, 2.05) is 131 Å². The molecule has 42 heavy (non-hydrogen) atoms. The van der Waals surface area contributed by atoms with Crippen LogP contribution in [-0.4, -0.2) is 23.9 Å². The number of para-hydroxylation sites is 2. The fourth-order valence-corrected chi connectivity index (χ4v) is 6.15. The van der Waals surface area contributed by atoms with Crippen molar-refractivity contribution in [1.29, 1.82) is 0 Å². The van der Waals surface area contributed by atoms with E-state index in [4.69, 9.17) is 0 Å². The predicted molar refractivity (Wildman–Crippen MR) is 169 cm³/mol. The highest BCUT2D eigenvalue weighted by Gasteiger charge is 2.48. The van der Waals surface area contributed by atoms with E-state index in [1.165, 1.54) is 0 Å². The Morgan fingerprint density at radius 3 is 1.31 bits per heavy atom. The third kappa shape index (κ3) is 4.34. The molecule has 7 rings (SSSR count). The molecule has 2 amide bonds. The monoisotopic (exact) mass is 544 g/mol. The summed E-state index contributed by atoms with van der Waals surface area (Å²) in [7, 11) is 0. The zero-order valence-corrected chi connectivity index (χ0v) is 22.9. The van der Waals surface area contributed by atoms with Crippen LogP contribution in [0, 0.1) is 0 Å². The molecule has 4 heteroatoms. The van der Waals surface area contributed by atoms with Crippen molar-refractivity contribution in [1.82, 2.24) is 0 Å². The molecule has 0 saturated carbocycles. The Morgan fingerprint density at radius 2 is 0.833 bits per heavy atom. The molecule has 0 fully saturated rings. The normalized spacial score (nSPS) is 17.0. The van der Waals surface area contributed by atoms with Crippen molar-refractivity contribution in [3.63, 3.8) is 0 Å². The molecule has 0 saturated heterocycles. The van der Waals surface area contributed by atoms with Crippen molar-refractivity contribution in [2.24, 2.45) is 0 Å². The fourth-order valence-electron chi connectivity index (χ4n) is 6.15. The maximum absolute atomic E-state index is 14.5. The summed E-state index contributed by atoms with van der Waals surface area (Å²) in [5.74, 6) is -0.205. The van der Waals surface area contributed by atoms with Crippen LogP contribution in [0.2, 0.25) is 0 Å². The van der Waals surface area contributed by atoms with Gasteiger partial charge in [-0.1, -0.05) is 121 Å². The van der Waals surface area contributed by atoms with Crippen molar-refractivity contribution in [3.8, 4) is 0 Å². The molecule has 5 aromatic rings. The molecule has 0 radical (unpaired) electrons. The fraction of sp³-hybridized carbons (Fsp3) is 0.0526. The van der Waals surface area contributed by atoms with Gasteiger partial charge < -0.3 is 0 Å². The lowest BCUT2D eigenvalue weighted by atomic mass is 9.87. The number of carbonyl (C=O) groups is 2. The number of benzene rings is 5. The Morgan fingerprint density at radius 1 is 0.452 bits per heavy atom. The van der Waals surface area contributed by atoms with Gasteiger partial charge in [-0.05, 0) is 58.7 Å². The molecular weight excluding hydrogens is 516 g/mol. The number of anilines is 2. The van der Waals surface area contributed by atoms with E-state index in [1.54, 1.807) is 0 Å². The van der Waals surface area contributed by atoms with Gasteiger partial charge in [-0.25, -0.2) is 0 Å². The van der Waals surface area contributed by atoms with Crippen molar-refractivity contribution in [2.75, 3.05) is 9.80 Å². The Balaban J connectivity index is 1.50. The first-order valence-corrected chi connectivity index (χ1v) is 14.1. The maximum atomic E-state index is 14.5. The molecule has 2 atom stereocenters. The lowest BCUT2D eigenvalue weighted by Crippen LogP contribution is -2.58. The molecule has 2 unspecified atom stereocenters. The minimum absolute atomic E-state index is 0.100. The Kier molecular flexibility index (Phi) is 6.57. The highest BCUT2D eigenvalue weighted by Crippen LogP contribution is 2.47. The average molecular weight is 545 g/mol. The summed E-state index contributed by atoms with van der Waals surface area (Å²) in [5.41, 5.74) is 6.75. The summed E-state index contributed by atoms with van der Waals surface area (Å²) in [6, 6.07) is 46.1. The number of nitrogens with zero attached hydrogens (tertiary/aromatic N) is 2. The Hall–Kier alpha value is -5.48. The third-order valence-electron chi connectivity index (χ3n) is 7.98. The predicted octanol–water partition coefficient (Wildman–Crippen LogP) is 7.80. The standard InChI is InChI=1S/C38H28N2O2/c41-37(29-19-9-3-10-20-29)39-32-23-13-14-24-33(32)40(38(42)30-21-11-4-12-22-30)36-31(25-26-34(36)39)35(27-15-5-1-6-16-27)28-17-7-2-8-18-28/h1-26,34,36H. The molecule has 202 valence electrons. The third-order valence-corrected chi connectivity index (χ3v) is 7.98. The molecule has 0 bridgehead atoms. The first kappa shape index (κ1) is 25.5. The molecule has 0 aromatic heterocycles. The molecule has 1 aliphatic carbocycles. The lowest BCUT2D eigenvalue weighted by molar-refractivity contribution is 0.0948. The molecule has 0 spiro atoms. The number of carbonyl (C=O) groups excluding carboxylic acids is 2. The van der Waals surface area contributed by atoms with Crippen molar-refractivity contribution in [3.05, 3.63) is 186 Å². The summed E-state index contributed by atoms with van der Waals surface area (Å²) in [4.78, 5) is 32.5. The van der Waals surface area contributed by atoms with E-state index < -0.39 is 12.1 Å². The Bertz CT molecular complexity index is 1770. The van der Waals surface area contributed by atoms with Crippen molar-refractivity contribution in [2.45, 2.75) is 12.1 Å². The second-order valence-electron chi connectivity index (χ2n) is 10.4. The van der Waals surface area contributed by atoms with E-state index in [9.17, 15) is 9.59 Å². The van der Waals surface area contributed by atoms with Gasteiger partial charge >= 0.3 is 0 Å². The van der Waals surface area contributed by atoms with Crippen LogP contribution in [0.25, 0.3) is 5.57 Å². The van der Waals surface area contributed by atoms with Crippen LogP contribution in [0.3, 0.4) is 0 Å². The molecule has 4 nitrogen and oxygen atoms in total. The largest absolute Gasteiger partial charge is 0.297 e. The van der Waals surface area contributed by atoms with Crippen LogP contribution in [0.4, 0.5) is 11.4 Å². The van der Waals surface area contributed by atoms with E-state index in [0.29, 0.717) is 22.5 Å². The summed E-state index contributed by atoms with van der Waals surface area (Å²) in [6.45, 7) is 0. The van der Waals surface area contributed by atoms with Gasteiger partial charge in [-0.2, -0.15) is 0 Å². The zero-order valence-electron chi connectivity index (χ0n) is 22.9. The van der Waals surface area contributed by atoms with E-state index in [0.717, 1.165) is 22.3 Å². The van der Waals surface area contributed by atoms with Crippen molar-refractivity contribution >= 4 is 28.8 Å². The van der Waals surface area contributed by atoms with E-state index in [2.05, 4.69) is 36.4 Å². The van der Waals surface area contributed by atoms with Crippen molar-refractivity contribution < 1.29 is 9.59 Å². The van der Waals surface area contributed by atoms with Gasteiger partial charge in [0.2, 0.25) is 0 Å². The highest BCUT2D eigenvalue weighted by atomic mass is 16.2. The van der Waals surface area contributed by atoms with E-state index in [-0.39, 0.29) is 11.8 Å². The van der Waals surface area contributed by atoms with Gasteiger partial charge in [0.05, 0.1) is 23.5 Å². The average Bonchev–Trinajstić information content (AvgIpc) is 3.48. The highest BCUT2D eigenvalue weighted by molar-refractivity contribution is 6.15. The number of rotatable bonds is 4. The summed E-state index contributed by atoms with van der Waals surface area (Å²) in [5, 5.41) is 0. The topological polar surface area (TPSA) is 40.6 Å². The van der Waals surface area contributed by atoms with Gasteiger partial charge in [0.25, 0.3) is 11.8 Å². The van der Waals surface area contributed by atoms with Crippen LogP contribution >= 0.6 is 0 Å². The van der Waals surface area contributed by atoms with Gasteiger partial charge in [0.1, 0.15) is 0 Å². The molecule has 5 aromatic carbocycles. The van der Waals surface area contributed by atoms with E-state index >= 15 is 0 Å². The molecule has 1 aliphatic heterocycles. The molecular formula is C38H28N2O2. The first-order chi connectivity index (χ1) is 20.7. The van der Waals surface area contributed by atoms with Gasteiger partial charge in [-0.3, -0.25) is 19.4 Å². The van der Waals surface area contributed by atoms with Gasteiger partial charge in [0.15, 0.2) is 0 Å². The number of fused-ring (bicyclic) bond motifs is 2. The summed E-state index contributed by atoms with van der Waals surface area (Å²) in [6.07, 6.45) is 4.18. The van der Waals surface area contributed by atoms with Gasteiger partial charge in [-0.15, -0.1) is 0 Å². The van der Waals surface area contributed by atoms with Crippen LogP contribution in [-0.2, 0) is 0 Å². The second-order valence-corrected chi connectivity index (χ2v) is 10.4. The molecule has 2 aliphatic rings. The Labute approximate surface area is 245 Å². The number of amides is 2. The second kappa shape index (κ2) is 10.8. The van der Waals surface area contributed by atoms with Gasteiger partial charge in [0, 0.05) is 11.1 Å². The SMILES string of the molecule is O=C(c1ccccc1)N1c2ccccc2N(C(=O)c2ccccc2)C2C(=C(c3ccccc3)c3ccccc3)C=CC21. The first-order valence-electron chi connectivity index (χ1n) is 14.1. The zero-order chi connectivity index (χ0) is 28.5. The number of hydrogen-bond acceptors (Lipinski definition) is 2. The minimum atomic E-state index is -0.448. The smallest absolute Gasteiger partial charge is 0.259 e. The molecule has 0 N–H and O–H groups in total. The maximum Gasteiger partial charge on any atom is 0.259 e. The summed E-state index contributed by atoms with van der Waals surface area (Å²) >= 11 is 0. The summed E-state index contributed by atoms with van der Waals surface area (Å²) < 4.78 is 0. The van der Waals surface area contributed by atoms with Crippen LogP contribution in [0.15, 0.2) is 163 Å². The number of hydrogen-bond donors (Lipinski definition) is 0. The quantitative estimate of drug-likeness (QED) is 0.232.